The normalized spacial score (nSPS) is 13.1. The van der Waals surface area contributed by atoms with E-state index < -0.39 is 5.97 Å². The van der Waals surface area contributed by atoms with E-state index in [0.29, 0.717) is 10.6 Å². The van der Waals surface area contributed by atoms with Gasteiger partial charge in [-0.05, 0) is 24.8 Å². The van der Waals surface area contributed by atoms with E-state index in [2.05, 4.69) is 10.3 Å². The number of rotatable bonds is 2. The molecule has 7 heteroatoms. The van der Waals surface area contributed by atoms with Crippen molar-refractivity contribution >= 4 is 28.3 Å². The molecule has 0 unspecified atom stereocenters. The lowest BCUT2D eigenvalue weighted by Gasteiger charge is -2.06. The number of esters is 1. The zero-order valence-electron chi connectivity index (χ0n) is 10.9. The molecule has 0 radical (unpaired) electrons. The summed E-state index contributed by atoms with van der Waals surface area (Å²) in [5.74, 6) is -0.398. The van der Waals surface area contributed by atoms with E-state index in [0.717, 1.165) is 29.7 Å². The Balaban J connectivity index is 1.93. The first-order chi connectivity index (χ1) is 9.70. The standard InChI is InChI=1S/C13H13N3O3S/c1-19-12(17)10-8-3-2-4-9(8)20-11(10)15-13(18)16-6-5-14-7-16/h5-7H,2-4H2,1H3,(H,15,18). The van der Waals surface area contributed by atoms with Crippen molar-refractivity contribution in [2.45, 2.75) is 19.3 Å². The second-order valence-corrected chi connectivity index (χ2v) is 5.56. The molecule has 104 valence electrons. The SMILES string of the molecule is COC(=O)c1c(NC(=O)n2ccnc2)sc2c1CCC2. The lowest BCUT2D eigenvalue weighted by Crippen LogP contribution is -2.19. The van der Waals surface area contributed by atoms with Gasteiger partial charge in [-0.2, -0.15) is 0 Å². The van der Waals surface area contributed by atoms with Crippen LogP contribution < -0.4 is 5.32 Å². The fourth-order valence-corrected chi connectivity index (χ4v) is 3.62. The van der Waals surface area contributed by atoms with Gasteiger partial charge in [-0.25, -0.2) is 14.6 Å². The van der Waals surface area contributed by atoms with Gasteiger partial charge in [0.1, 0.15) is 11.3 Å². The highest BCUT2D eigenvalue weighted by Crippen LogP contribution is 2.39. The molecule has 20 heavy (non-hydrogen) atoms. The molecule has 0 atom stereocenters. The Labute approximate surface area is 119 Å². The van der Waals surface area contributed by atoms with E-state index in [1.54, 1.807) is 6.20 Å². The first-order valence-corrected chi connectivity index (χ1v) is 7.04. The van der Waals surface area contributed by atoms with Crippen LogP contribution in [0.4, 0.5) is 9.80 Å². The molecule has 1 amide bonds. The predicted molar refractivity (Wildman–Crippen MR) is 74.3 cm³/mol. The second kappa shape index (κ2) is 5.09. The number of aromatic nitrogens is 2. The van der Waals surface area contributed by atoms with Crippen LogP contribution in [0.1, 0.15) is 27.2 Å². The number of aryl methyl sites for hydroxylation is 1. The molecule has 0 saturated heterocycles. The number of amides is 1. The Morgan fingerprint density at radius 2 is 2.30 bits per heavy atom. The molecule has 0 spiro atoms. The first kappa shape index (κ1) is 12.9. The Morgan fingerprint density at radius 1 is 1.45 bits per heavy atom. The minimum absolute atomic E-state index is 0.340. The molecule has 1 aliphatic carbocycles. The Kier molecular flexibility index (Phi) is 3.27. The summed E-state index contributed by atoms with van der Waals surface area (Å²) in [4.78, 5) is 28.9. The third-order valence-corrected chi connectivity index (χ3v) is 4.48. The van der Waals surface area contributed by atoms with E-state index in [1.165, 1.54) is 35.5 Å². The highest BCUT2D eigenvalue weighted by atomic mass is 32.1. The van der Waals surface area contributed by atoms with Crippen LogP contribution in [0.25, 0.3) is 0 Å². The van der Waals surface area contributed by atoms with Gasteiger partial charge >= 0.3 is 12.0 Å². The topological polar surface area (TPSA) is 73.2 Å². The fraction of sp³-hybridized carbons (Fsp3) is 0.308. The minimum Gasteiger partial charge on any atom is -0.465 e. The van der Waals surface area contributed by atoms with Crippen molar-refractivity contribution in [2.75, 3.05) is 12.4 Å². The van der Waals surface area contributed by atoms with Crippen molar-refractivity contribution in [1.82, 2.24) is 9.55 Å². The maximum Gasteiger partial charge on any atom is 0.341 e. The van der Waals surface area contributed by atoms with Gasteiger partial charge in [0.2, 0.25) is 0 Å². The molecule has 2 heterocycles. The van der Waals surface area contributed by atoms with Gasteiger partial charge in [0.05, 0.1) is 12.7 Å². The van der Waals surface area contributed by atoms with E-state index in [4.69, 9.17) is 4.74 Å². The van der Waals surface area contributed by atoms with Gasteiger partial charge in [-0.15, -0.1) is 11.3 Å². The van der Waals surface area contributed by atoms with Crippen molar-refractivity contribution < 1.29 is 14.3 Å². The number of hydrogen-bond acceptors (Lipinski definition) is 5. The molecule has 0 fully saturated rings. The van der Waals surface area contributed by atoms with Gasteiger partial charge < -0.3 is 4.74 Å². The Morgan fingerprint density at radius 3 is 3.00 bits per heavy atom. The maximum absolute atomic E-state index is 12.0. The second-order valence-electron chi connectivity index (χ2n) is 4.45. The summed E-state index contributed by atoms with van der Waals surface area (Å²) >= 11 is 1.45. The van der Waals surface area contributed by atoms with Gasteiger partial charge in [-0.1, -0.05) is 0 Å². The molecule has 2 aromatic rings. The number of thiophene rings is 1. The summed E-state index contributed by atoms with van der Waals surface area (Å²) in [5, 5.41) is 3.32. The van der Waals surface area contributed by atoms with Crippen molar-refractivity contribution in [3.05, 3.63) is 34.7 Å². The smallest absolute Gasteiger partial charge is 0.341 e. The quantitative estimate of drug-likeness (QED) is 0.862. The number of hydrogen-bond donors (Lipinski definition) is 1. The predicted octanol–water partition coefficient (Wildman–Crippen LogP) is 2.30. The molecule has 1 aliphatic rings. The number of carbonyl (C=O) groups is 2. The van der Waals surface area contributed by atoms with Crippen LogP contribution in [0.2, 0.25) is 0 Å². The molecule has 0 aliphatic heterocycles. The molecule has 1 N–H and O–H groups in total. The monoisotopic (exact) mass is 291 g/mol. The molecule has 2 aromatic heterocycles. The number of imidazole rings is 1. The molecular formula is C13H13N3O3S. The van der Waals surface area contributed by atoms with Gasteiger partial charge in [-0.3, -0.25) is 9.88 Å². The first-order valence-electron chi connectivity index (χ1n) is 6.23. The number of carbonyl (C=O) groups excluding carboxylic acids is 2. The summed E-state index contributed by atoms with van der Waals surface area (Å²) in [6.07, 6.45) is 7.33. The van der Waals surface area contributed by atoms with Crippen LogP contribution in [0.15, 0.2) is 18.7 Å². The third-order valence-electron chi connectivity index (χ3n) is 3.27. The summed E-state index contributed by atoms with van der Waals surface area (Å²) in [6, 6.07) is -0.340. The van der Waals surface area contributed by atoms with E-state index in [1.807, 2.05) is 0 Å². The maximum atomic E-state index is 12.0. The van der Waals surface area contributed by atoms with Crippen LogP contribution >= 0.6 is 11.3 Å². The molecule has 6 nitrogen and oxygen atoms in total. The minimum atomic E-state index is -0.398. The van der Waals surface area contributed by atoms with Crippen LogP contribution in [0, 0.1) is 0 Å². The van der Waals surface area contributed by atoms with Crippen LogP contribution in [0.3, 0.4) is 0 Å². The number of nitrogens with one attached hydrogen (secondary N) is 1. The van der Waals surface area contributed by atoms with Crippen LogP contribution in [-0.2, 0) is 17.6 Å². The number of nitrogens with zero attached hydrogens (tertiary/aromatic N) is 2. The third kappa shape index (κ3) is 2.09. The Bertz CT molecular complexity index is 661. The van der Waals surface area contributed by atoms with Gasteiger partial charge in [0.15, 0.2) is 0 Å². The molecule has 3 rings (SSSR count). The lowest BCUT2D eigenvalue weighted by atomic mass is 10.1. The van der Waals surface area contributed by atoms with Crippen molar-refractivity contribution in [1.29, 1.82) is 0 Å². The summed E-state index contributed by atoms with van der Waals surface area (Å²) < 4.78 is 6.16. The van der Waals surface area contributed by atoms with Crippen molar-refractivity contribution in [3.8, 4) is 0 Å². The Hall–Kier alpha value is -2.15. The van der Waals surface area contributed by atoms with E-state index >= 15 is 0 Å². The van der Waals surface area contributed by atoms with E-state index in [-0.39, 0.29) is 6.03 Å². The summed E-state index contributed by atoms with van der Waals surface area (Å²) in [5.41, 5.74) is 1.52. The molecule has 0 aromatic carbocycles. The zero-order chi connectivity index (χ0) is 14.1. The largest absolute Gasteiger partial charge is 0.465 e. The molecular weight excluding hydrogens is 278 g/mol. The lowest BCUT2D eigenvalue weighted by molar-refractivity contribution is 0.0601. The number of ether oxygens (including phenoxy) is 1. The van der Waals surface area contributed by atoms with Gasteiger partial charge in [0, 0.05) is 17.3 Å². The van der Waals surface area contributed by atoms with Crippen LogP contribution in [-0.4, -0.2) is 28.7 Å². The zero-order valence-corrected chi connectivity index (χ0v) is 11.7. The van der Waals surface area contributed by atoms with Crippen molar-refractivity contribution in [2.24, 2.45) is 0 Å². The van der Waals surface area contributed by atoms with Crippen molar-refractivity contribution in [3.63, 3.8) is 0 Å². The number of anilines is 1. The average Bonchev–Trinajstić information content (AvgIpc) is 3.13. The average molecular weight is 291 g/mol. The van der Waals surface area contributed by atoms with Crippen LogP contribution in [0.5, 0.6) is 0 Å². The summed E-state index contributed by atoms with van der Waals surface area (Å²) in [7, 11) is 1.35. The highest BCUT2D eigenvalue weighted by Gasteiger charge is 2.28. The summed E-state index contributed by atoms with van der Waals surface area (Å²) in [6.45, 7) is 0. The highest BCUT2D eigenvalue weighted by molar-refractivity contribution is 7.17. The van der Waals surface area contributed by atoms with E-state index in [9.17, 15) is 9.59 Å². The fourth-order valence-electron chi connectivity index (χ4n) is 2.35. The number of methoxy groups -OCH3 is 1. The number of fused-ring (bicyclic) bond motifs is 1. The molecule has 0 saturated carbocycles. The van der Waals surface area contributed by atoms with Gasteiger partial charge in [0.25, 0.3) is 0 Å². The molecule has 0 bridgehead atoms.